The third-order valence-electron chi connectivity index (χ3n) is 2.90. The van der Waals surface area contributed by atoms with Gasteiger partial charge < -0.3 is 11.1 Å². The van der Waals surface area contributed by atoms with Crippen molar-refractivity contribution < 1.29 is 4.92 Å². The van der Waals surface area contributed by atoms with Gasteiger partial charge in [0.1, 0.15) is 0 Å². The summed E-state index contributed by atoms with van der Waals surface area (Å²) in [6, 6.07) is 12.4. The highest BCUT2D eigenvalue weighted by atomic mass is 79.9. The summed E-state index contributed by atoms with van der Waals surface area (Å²) in [5, 5.41) is 14.0. The van der Waals surface area contributed by atoms with E-state index in [2.05, 4.69) is 21.2 Å². The Bertz CT molecular complexity index is 629. The number of nitrogen functional groups attached to an aromatic ring is 1. The number of nitro benzene ring substituents is 1. The van der Waals surface area contributed by atoms with Crippen LogP contribution in [0, 0.1) is 10.1 Å². The maximum atomic E-state index is 10.8. The van der Waals surface area contributed by atoms with Crippen LogP contribution in [-0.4, -0.2) is 4.92 Å². The van der Waals surface area contributed by atoms with Crippen LogP contribution in [0.5, 0.6) is 0 Å². The van der Waals surface area contributed by atoms with E-state index in [4.69, 9.17) is 5.73 Å². The molecule has 1 atom stereocenters. The topological polar surface area (TPSA) is 81.2 Å². The summed E-state index contributed by atoms with van der Waals surface area (Å²) in [5.41, 5.74) is 7.74. The Morgan fingerprint density at radius 1 is 1.25 bits per heavy atom. The Kier molecular flexibility index (Phi) is 4.24. The van der Waals surface area contributed by atoms with Gasteiger partial charge in [-0.25, -0.2) is 0 Å². The summed E-state index contributed by atoms with van der Waals surface area (Å²) in [6.07, 6.45) is 0. The summed E-state index contributed by atoms with van der Waals surface area (Å²) in [5.74, 6) is 0. The summed E-state index contributed by atoms with van der Waals surface area (Å²) < 4.78 is 1.01. The van der Waals surface area contributed by atoms with Crippen LogP contribution < -0.4 is 11.1 Å². The van der Waals surface area contributed by atoms with Crippen LogP contribution in [-0.2, 0) is 0 Å². The molecule has 104 valence electrons. The van der Waals surface area contributed by atoms with Crippen molar-refractivity contribution in [3.05, 3.63) is 62.6 Å². The van der Waals surface area contributed by atoms with Crippen LogP contribution in [0.15, 0.2) is 46.9 Å². The van der Waals surface area contributed by atoms with Crippen LogP contribution in [0.2, 0.25) is 0 Å². The molecule has 0 aliphatic carbocycles. The van der Waals surface area contributed by atoms with Gasteiger partial charge in [-0.1, -0.05) is 28.1 Å². The molecule has 0 radical (unpaired) electrons. The van der Waals surface area contributed by atoms with Crippen LogP contribution in [0.3, 0.4) is 0 Å². The Morgan fingerprint density at radius 3 is 2.50 bits per heavy atom. The number of benzene rings is 2. The number of nitrogens with zero attached hydrogens (tertiary/aromatic N) is 1. The predicted octanol–water partition coefficient (Wildman–Crippen LogP) is 4.11. The minimum atomic E-state index is -0.453. The molecule has 2 aromatic carbocycles. The molecular weight excluding hydrogens is 322 g/mol. The van der Waals surface area contributed by atoms with Crippen molar-refractivity contribution >= 4 is 33.0 Å². The van der Waals surface area contributed by atoms with Crippen LogP contribution >= 0.6 is 15.9 Å². The standard InChI is InChI=1S/C14H14BrN3O2/c1-9(10-2-4-11(15)5-3-10)17-13-6-12(16)7-14(8-13)18(19)20/h2-9,17H,16H2,1H3. The lowest BCUT2D eigenvalue weighted by Crippen LogP contribution is -2.07. The van der Waals surface area contributed by atoms with Crippen molar-refractivity contribution in [3.63, 3.8) is 0 Å². The van der Waals surface area contributed by atoms with Crippen molar-refractivity contribution in [1.82, 2.24) is 0 Å². The number of nitro groups is 1. The summed E-state index contributed by atoms with van der Waals surface area (Å²) in [6.45, 7) is 1.98. The molecule has 20 heavy (non-hydrogen) atoms. The number of hydrogen-bond donors (Lipinski definition) is 2. The molecular formula is C14H14BrN3O2. The number of nitrogens with two attached hydrogens (primary N) is 1. The SMILES string of the molecule is CC(Nc1cc(N)cc([N+](=O)[O-])c1)c1ccc(Br)cc1. The third kappa shape index (κ3) is 3.48. The molecule has 0 aromatic heterocycles. The molecule has 0 spiro atoms. The van der Waals surface area contributed by atoms with Gasteiger partial charge in [0, 0.05) is 34.0 Å². The highest BCUT2D eigenvalue weighted by molar-refractivity contribution is 9.10. The summed E-state index contributed by atoms with van der Waals surface area (Å²) in [7, 11) is 0. The first-order valence-corrected chi connectivity index (χ1v) is 6.82. The highest BCUT2D eigenvalue weighted by Gasteiger charge is 2.11. The van der Waals surface area contributed by atoms with Gasteiger partial charge in [-0.05, 0) is 30.7 Å². The molecule has 6 heteroatoms. The normalized spacial score (nSPS) is 11.9. The molecule has 0 fully saturated rings. The maximum Gasteiger partial charge on any atom is 0.273 e. The average molecular weight is 336 g/mol. The Hall–Kier alpha value is -2.08. The molecule has 2 aromatic rings. The zero-order valence-corrected chi connectivity index (χ0v) is 12.4. The van der Waals surface area contributed by atoms with Crippen molar-refractivity contribution in [1.29, 1.82) is 0 Å². The monoisotopic (exact) mass is 335 g/mol. The van der Waals surface area contributed by atoms with E-state index >= 15 is 0 Å². The second-order valence-electron chi connectivity index (χ2n) is 4.49. The van der Waals surface area contributed by atoms with E-state index in [-0.39, 0.29) is 11.7 Å². The number of nitrogens with one attached hydrogen (secondary N) is 1. The van der Waals surface area contributed by atoms with Crippen molar-refractivity contribution in [2.75, 3.05) is 11.1 Å². The lowest BCUT2D eigenvalue weighted by Gasteiger charge is -2.16. The molecule has 1 unspecified atom stereocenters. The lowest BCUT2D eigenvalue weighted by atomic mass is 10.1. The summed E-state index contributed by atoms with van der Waals surface area (Å²) in [4.78, 5) is 10.4. The lowest BCUT2D eigenvalue weighted by molar-refractivity contribution is -0.384. The van der Waals surface area contributed by atoms with Gasteiger partial charge in [0.2, 0.25) is 0 Å². The first kappa shape index (κ1) is 14.3. The molecule has 2 rings (SSSR count). The second kappa shape index (κ2) is 5.92. The molecule has 0 aliphatic rings. The highest BCUT2D eigenvalue weighted by Crippen LogP contribution is 2.26. The fourth-order valence-corrected chi connectivity index (χ4v) is 2.17. The molecule has 0 heterocycles. The van der Waals surface area contributed by atoms with E-state index in [9.17, 15) is 10.1 Å². The number of rotatable bonds is 4. The minimum Gasteiger partial charge on any atom is -0.398 e. The predicted molar refractivity (Wildman–Crippen MR) is 83.7 cm³/mol. The molecule has 0 saturated heterocycles. The van der Waals surface area contributed by atoms with Crippen LogP contribution in [0.25, 0.3) is 0 Å². The molecule has 0 amide bonds. The van der Waals surface area contributed by atoms with E-state index in [0.29, 0.717) is 11.4 Å². The van der Waals surface area contributed by atoms with Crippen LogP contribution in [0.1, 0.15) is 18.5 Å². The van der Waals surface area contributed by atoms with Gasteiger partial charge >= 0.3 is 0 Å². The number of halogens is 1. The minimum absolute atomic E-state index is 0.0180. The van der Waals surface area contributed by atoms with Gasteiger partial charge in [0.25, 0.3) is 5.69 Å². The van der Waals surface area contributed by atoms with Crippen molar-refractivity contribution in [2.45, 2.75) is 13.0 Å². The molecule has 0 bridgehead atoms. The Labute approximate surface area is 125 Å². The van der Waals surface area contributed by atoms with Gasteiger partial charge in [-0.3, -0.25) is 10.1 Å². The number of non-ortho nitro benzene ring substituents is 1. The fraction of sp³-hybridized carbons (Fsp3) is 0.143. The fourth-order valence-electron chi connectivity index (χ4n) is 1.91. The van der Waals surface area contributed by atoms with E-state index in [1.165, 1.54) is 12.1 Å². The Morgan fingerprint density at radius 2 is 1.90 bits per heavy atom. The van der Waals surface area contributed by atoms with E-state index in [1.807, 2.05) is 31.2 Å². The molecule has 0 saturated carbocycles. The van der Waals surface area contributed by atoms with Gasteiger partial charge in [0.15, 0.2) is 0 Å². The van der Waals surface area contributed by atoms with E-state index in [1.54, 1.807) is 6.07 Å². The first-order chi connectivity index (χ1) is 9.45. The Balaban J connectivity index is 2.21. The largest absolute Gasteiger partial charge is 0.398 e. The van der Waals surface area contributed by atoms with Crippen LogP contribution in [0.4, 0.5) is 17.1 Å². The van der Waals surface area contributed by atoms with Crippen molar-refractivity contribution in [2.24, 2.45) is 0 Å². The first-order valence-electron chi connectivity index (χ1n) is 6.02. The maximum absolute atomic E-state index is 10.8. The van der Waals surface area contributed by atoms with Gasteiger partial charge in [0.05, 0.1) is 4.92 Å². The van der Waals surface area contributed by atoms with E-state index in [0.717, 1.165) is 10.0 Å². The zero-order chi connectivity index (χ0) is 14.7. The zero-order valence-electron chi connectivity index (χ0n) is 10.8. The smallest absolute Gasteiger partial charge is 0.273 e. The number of anilines is 2. The quantitative estimate of drug-likeness (QED) is 0.500. The molecule has 0 aliphatic heterocycles. The summed E-state index contributed by atoms with van der Waals surface area (Å²) >= 11 is 3.38. The van der Waals surface area contributed by atoms with Crippen molar-refractivity contribution in [3.8, 4) is 0 Å². The second-order valence-corrected chi connectivity index (χ2v) is 5.40. The third-order valence-corrected chi connectivity index (χ3v) is 3.43. The van der Waals surface area contributed by atoms with Gasteiger partial charge in [-0.15, -0.1) is 0 Å². The van der Waals surface area contributed by atoms with E-state index < -0.39 is 4.92 Å². The molecule has 5 nitrogen and oxygen atoms in total. The average Bonchev–Trinajstić information content (AvgIpc) is 2.38. The number of hydrogen-bond acceptors (Lipinski definition) is 4. The molecule has 3 N–H and O–H groups in total. The van der Waals surface area contributed by atoms with Gasteiger partial charge in [-0.2, -0.15) is 0 Å².